The molecular weight excluding hydrogens is 270 g/mol. The molecule has 106 valence electrons. The van der Waals surface area contributed by atoms with Gasteiger partial charge in [0.15, 0.2) is 0 Å². The van der Waals surface area contributed by atoms with Gasteiger partial charge in [-0.15, -0.1) is 0 Å². The summed E-state index contributed by atoms with van der Waals surface area (Å²) in [6, 6.07) is 3.79. The third kappa shape index (κ3) is 3.23. The number of likely N-dealkylation sites (tertiary alicyclic amines) is 1. The quantitative estimate of drug-likeness (QED) is 0.664. The molecule has 0 aliphatic carbocycles. The fourth-order valence-electron chi connectivity index (χ4n) is 2.36. The van der Waals surface area contributed by atoms with Crippen LogP contribution in [-0.4, -0.2) is 24.2 Å². The van der Waals surface area contributed by atoms with Crippen LogP contribution in [0.1, 0.15) is 24.8 Å². The first-order chi connectivity index (χ1) is 9.63. The third-order valence-electron chi connectivity index (χ3n) is 3.50. The van der Waals surface area contributed by atoms with Gasteiger partial charge in [-0.3, -0.25) is 4.99 Å². The number of halogens is 1. The Hall–Kier alpha value is -1.74. The summed E-state index contributed by atoms with van der Waals surface area (Å²) in [4.78, 5) is 6.56. The lowest BCUT2D eigenvalue weighted by atomic mass is 10.1. The zero-order valence-electron chi connectivity index (χ0n) is 11.6. The van der Waals surface area contributed by atoms with Gasteiger partial charge in [-0.1, -0.05) is 30.8 Å². The second-order valence-corrected chi connectivity index (χ2v) is 5.31. The van der Waals surface area contributed by atoms with E-state index in [2.05, 4.69) is 23.1 Å². The van der Waals surface area contributed by atoms with E-state index in [-0.39, 0.29) is 0 Å². The summed E-state index contributed by atoms with van der Waals surface area (Å²) >= 11 is 6.20. The van der Waals surface area contributed by atoms with Gasteiger partial charge in [-0.05, 0) is 31.4 Å². The summed E-state index contributed by atoms with van der Waals surface area (Å²) in [6.07, 6.45) is 6.93. The predicted octanol–water partition coefficient (Wildman–Crippen LogP) is 4.27. The summed E-state index contributed by atoms with van der Waals surface area (Å²) in [7, 11) is 0. The van der Waals surface area contributed by atoms with Crippen LogP contribution in [0, 0.1) is 0 Å². The number of nitrogens with zero attached hydrogens (tertiary/aromatic N) is 2. The van der Waals surface area contributed by atoms with Crippen molar-refractivity contribution in [3.8, 4) is 0 Å². The Bertz CT molecular complexity index is 543. The number of allylic oxidation sites excluding steroid dienone is 1. The van der Waals surface area contributed by atoms with Gasteiger partial charge in [0.1, 0.15) is 0 Å². The molecule has 2 rings (SSSR count). The summed E-state index contributed by atoms with van der Waals surface area (Å²) < 4.78 is 0. The zero-order chi connectivity index (χ0) is 14.5. The van der Waals surface area contributed by atoms with Crippen molar-refractivity contribution in [1.29, 1.82) is 0 Å². The first kappa shape index (κ1) is 14.7. The van der Waals surface area contributed by atoms with E-state index in [0.717, 1.165) is 24.4 Å². The molecule has 3 nitrogen and oxygen atoms in total. The Morgan fingerprint density at radius 2 is 2.00 bits per heavy atom. The van der Waals surface area contributed by atoms with Crippen LogP contribution in [-0.2, 0) is 0 Å². The van der Waals surface area contributed by atoms with Crippen LogP contribution in [0.3, 0.4) is 0 Å². The lowest BCUT2D eigenvalue weighted by Crippen LogP contribution is -2.27. The standard InChI is InChI=1S/C16H20ClN3/c1-3-7-19-15-11-13(10-14(17)16(15)18)12(2)20-8-5-4-6-9-20/h3,7,10-11H,1-2,4-6,8-9,18H2. The summed E-state index contributed by atoms with van der Waals surface area (Å²) in [5, 5.41) is 0.511. The van der Waals surface area contributed by atoms with Gasteiger partial charge in [-0.2, -0.15) is 0 Å². The Balaban J connectivity index is 2.31. The van der Waals surface area contributed by atoms with E-state index in [9.17, 15) is 0 Å². The fraction of sp³-hybridized carbons (Fsp3) is 0.312. The highest BCUT2D eigenvalue weighted by atomic mass is 35.5. The average Bonchev–Trinajstić information content (AvgIpc) is 2.48. The highest BCUT2D eigenvalue weighted by Crippen LogP contribution is 2.34. The van der Waals surface area contributed by atoms with Gasteiger partial charge in [0.05, 0.1) is 16.4 Å². The van der Waals surface area contributed by atoms with E-state index in [1.54, 1.807) is 12.3 Å². The number of aliphatic imine (C=N–C) groups is 1. The highest BCUT2D eigenvalue weighted by Gasteiger charge is 2.15. The molecule has 1 heterocycles. The molecule has 20 heavy (non-hydrogen) atoms. The molecule has 1 fully saturated rings. The second kappa shape index (κ2) is 6.62. The van der Waals surface area contributed by atoms with Crippen molar-refractivity contribution in [3.05, 3.63) is 42.0 Å². The second-order valence-electron chi connectivity index (χ2n) is 4.90. The molecular formula is C16H20ClN3. The number of hydrogen-bond donors (Lipinski definition) is 1. The van der Waals surface area contributed by atoms with Crippen molar-refractivity contribution >= 4 is 34.9 Å². The van der Waals surface area contributed by atoms with Crippen LogP contribution >= 0.6 is 11.6 Å². The van der Waals surface area contributed by atoms with Crippen molar-refractivity contribution in [2.75, 3.05) is 18.8 Å². The molecule has 4 heteroatoms. The van der Waals surface area contributed by atoms with E-state index in [4.69, 9.17) is 17.3 Å². The van der Waals surface area contributed by atoms with Gasteiger partial charge >= 0.3 is 0 Å². The lowest BCUT2D eigenvalue weighted by Gasteiger charge is -2.30. The van der Waals surface area contributed by atoms with Crippen LogP contribution in [0.2, 0.25) is 5.02 Å². The monoisotopic (exact) mass is 289 g/mol. The lowest BCUT2D eigenvalue weighted by molar-refractivity contribution is 0.326. The van der Waals surface area contributed by atoms with Gasteiger partial charge < -0.3 is 10.6 Å². The average molecular weight is 290 g/mol. The minimum Gasteiger partial charge on any atom is -0.396 e. The molecule has 0 saturated carbocycles. The minimum absolute atomic E-state index is 0.486. The maximum Gasteiger partial charge on any atom is 0.0880 e. The Morgan fingerprint density at radius 3 is 2.65 bits per heavy atom. The Morgan fingerprint density at radius 1 is 1.30 bits per heavy atom. The van der Waals surface area contributed by atoms with Crippen molar-refractivity contribution < 1.29 is 0 Å². The van der Waals surface area contributed by atoms with E-state index < -0.39 is 0 Å². The SMILES string of the molecule is C=CC=Nc1cc(C(=C)N2CCCCC2)cc(Cl)c1N. The van der Waals surface area contributed by atoms with Crippen LogP contribution in [0.5, 0.6) is 0 Å². The maximum absolute atomic E-state index is 6.20. The van der Waals surface area contributed by atoms with Crippen molar-refractivity contribution in [1.82, 2.24) is 4.90 Å². The van der Waals surface area contributed by atoms with E-state index in [1.165, 1.54) is 19.3 Å². The van der Waals surface area contributed by atoms with Crippen molar-refractivity contribution in [2.45, 2.75) is 19.3 Å². The van der Waals surface area contributed by atoms with Crippen LogP contribution in [0.15, 0.2) is 36.4 Å². The zero-order valence-corrected chi connectivity index (χ0v) is 12.4. The van der Waals surface area contributed by atoms with Gasteiger partial charge in [0.25, 0.3) is 0 Å². The first-order valence-corrected chi connectivity index (χ1v) is 7.19. The number of nitrogen functional groups attached to an aromatic ring is 1. The van der Waals surface area contributed by atoms with Gasteiger partial charge in [-0.25, -0.2) is 0 Å². The number of rotatable bonds is 4. The number of hydrogen-bond acceptors (Lipinski definition) is 3. The van der Waals surface area contributed by atoms with E-state index in [1.807, 2.05) is 12.1 Å². The molecule has 1 saturated heterocycles. The number of piperidine rings is 1. The molecule has 0 spiro atoms. The highest BCUT2D eigenvalue weighted by molar-refractivity contribution is 6.34. The molecule has 0 aromatic heterocycles. The molecule has 1 aliphatic rings. The predicted molar refractivity (Wildman–Crippen MR) is 88.7 cm³/mol. The third-order valence-corrected chi connectivity index (χ3v) is 3.81. The molecule has 1 aromatic carbocycles. The van der Waals surface area contributed by atoms with Crippen LogP contribution < -0.4 is 5.73 Å². The first-order valence-electron chi connectivity index (χ1n) is 6.82. The van der Waals surface area contributed by atoms with Crippen LogP contribution in [0.25, 0.3) is 5.70 Å². The largest absolute Gasteiger partial charge is 0.396 e. The molecule has 2 N–H and O–H groups in total. The van der Waals surface area contributed by atoms with E-state index >= 15 is 0 Å². The molecule has 0 amide bonds. The van der Waals surface area contributed by atoms with Crippen molar-refractivity contribution in [2.24, 2.45) is 4.99 Å². The van der Waals surface area contributed by atoms with Gasteiger partial charge in [0.2, 0.25) is 0 Å². The minimum atomic E-state index is 0.486. The molecule has 1 aromatic rings. The molecule has 0 unspecified atom stereocenters. The number of anilines is 1. The van der Waals surface area contributed by atoms with E-state index in [0.29, 0.717) is 16.4 Å². The summed E-state index contributed by atoms with van der Waals surface area (Å²) in [5.41, 5.74) is 9.05. The molecule has 0 atom stereocenters. The van der Waals surface area contributed by atoms with Crippen LogP contribution in [0.4, 0.5) is 11.4 Å². The summed E-state index contributed by atoms with van der Waals surface area (Å²) in [5.74, 6) is 0. The fourth-order valence-corrected chi connectivity index (χ4v) is 2.57. The van der Waals surface area contributed by atoms with Gasteiger partial charge in [0, 0.05) is 30.6 Å². The smallest absolute Gasteiger partial charge is 0.0880 e. The topological polar surface area (TPSA) is 41.6 Å². The molecule has 0 bridgehead atoms. The number of nitrogens with two attached hydrogens (primary N) is 1. The molecule has 1 aliphatic heterocycles. The Kier molecular flexibility index (Phi) is 4.85. The van der Waals surface area contributed by atoms with Crippen molar-refractivity contribution in [3.63, 3.8) is 0 Å². The number of benzene rings is 1. The normalized spacial score (nSPS) is 15.6. The Labute approximate surface area is 125 Å². The molecule has 0 radical (unpaired) electrons. The maximum atomic E-state index is 6.20. The summed E-state index contributed by atoms with van der Waals surface area (Å²) in [6.45, 7) is 9.90.